The highest BCUT2D eigenvalue weighted by Crippen LogP contribution is 2.17. The Labute approximate surface area is 101 Å². The zero-order chi connectivity index (χ0) is 12.7. The summed E-state index contributed by atoms with van der Waals surface area (Å²) in [6.07, 6.45) is 1.15. The van der Waals surface area contributed by atoms with Gasteiger partial charge in [0.15, 0.2) is 0 Å². The standard InChI is InChI=1S/C13H18O4/c1-3-10(2)16-8-9-17-12-7-5-4-6-11(12)13(14)15/h4-7,10H,3,8-9H2,1-2H3,(H,14,15). The van der Waals surface area contributed by atoms with Gasteiger partial charge in [-0.15, -0.1) is 0 Å². The number of carboxylic acids is 1. The van der Waals surface area contributed by atoms with Gasteiger partial charge >= 0.3 is 5.97 Å². The lowest BCUT2D eigenvalue weighted by molar-refractivity contribution is 0.0419. The van der Waals surface area contributed by atoms with Crippen LogP contribution in [0.5, 0.6) is 5.75 Å². The molecule has 0 fully saturated rings. The predicted molar refractivity (Wildman–Crippen MR) is 64.6 cm³/mol. The summed E-state index contributed by atoms with van der Waals surface area (Å²) in [5, 5.41) is 8.94. The molecule has 0 amide bonds. The SMILES string of the molecule is CCC(C)OCCOc1ccccc1C(=O)O. The van der Waals surface area contributed by atoms with Crippen LogP contribution in [0, 0.1) is 0 Å². The van der Waals surface area contributed by atoms with Crippen LogP contribution < -0.4 is 4.74 Å². The van der Waals surface area contributed by atoms with Crippen LogP contribution in [-0.2, 0) is 4.74 Å². The van der Waals surface area contributed by atoms with E-state index in [-0.39, 0.29) is 11.7 Å². The third-order valence-electron chi connectivity index (χ3n) is 2.44. The number of aromatic carboxylic acids is 1. The largest absolute Gasteiger partial charge is 0.490 e. The zero-order valence-electron chi connectivity index (χ0n) is 10.2. The normalized spacial score (nSPS) is 12.1. The van der Waals surface area contributed by atoms with Crippen LogP contribution in [0.1, 0.15) is 30.6 Å². The molecule has 1 unspecified atom stereocenters. The first-order valence-electron chi connectivity index (χ1n) is 5.71. The maximum absolute atomic E-state index is 10.9. The molecule has 0 aliphatic rings. The number of para-hydroxylation sites is 1. The lowest BCUT2D eigenvalue weighted by Gasteiger charge is -2.12. The molecule has 4 nitrogen and oxygen atoms in total. The molecule has 4 heteroatoms. The average molecular weight is 238 g/mol. The number of rotatable bonds is 7. The highest BCUT2D eigenvalue weighted by Gasteiger charge is 2.09. The fourth-order valence-corrected chi connectivity index (χ4v) is 1.29. The van der Waals surface area contributed by atoms with E-state index < -0.39 is 5.97 Å². The van der Waals surface area contributed by atoms with Gasteiger partial charge in [-0.2, -0.15) is 0 Å². The van der Waals surface area contributed by atoms with E-state index in [1.165, 1.54) is 6.07 Å². The fraction of sp³-hybridized carbons (Fsp3) is 0.462. The molecule has 0 heterocycles. The lowest BCUT2D eigenvalue weighted by Crippen LogP contribution is -2.14. The van der Waals surface area contributed by atoms with Gasteiger partial charge in [-0.1, -0.05) is 19.1 Å². The van der Waals surface area contributed by atoms with Crippen molar-refractivity contribution < 1.29 is 19.4 Å². The molecule has 1 rings (SSSR count). The van der Waals surface area contributed by atoms with Crippen LogP contribution >= 0.6 is 0 Å². The smallest absolute Gasteiger partial charge is 0.339 e. The second-order valence-corrected chi connectivity index (χ2v) is 3.74. The Balaban J connectivity index is 2.44. The molecule has 17 heavy (non-hydrogen) atoms. The second-order valence-electron chi connectivity index (χ2n) is 3.74. The van der Waals surface area contributed by atoms with Gasteiger partial charge in [0, 0.05) is 0 Å². The van der Waals surface area contributed by atoms with Crippen LogP contribution in [0.15, 0.2) is 24.3 Å². The second kappa shape index (κ2) is 6.91. The maximum atomic E-state index is 10.9. The highest BCUT2D eigenvalue weighted by molar-refractivity contribution is 5.90. The minimum atomic E-state index is -0.983. The van der Waals surface area contributed by atoms with E-state index in [1.807, 2.05) is 13.8 Å². The first-order valence-corrected chi connectivity index (χ1v) is 5.71. The van der Waals surface area contributed by atoms with Crippen molar-refractivity contribution in [2.24, 2.45) is 0 Å². The maximum Gasteiger partial charge on any atom is 0.339 e. The predicted octanol–water partition coefficient (Wildman–Crippen LogP) is 2.58. The highest BCUT2D eigenvalue weighted by atomic mass is 16.5. The number of hydrogen-bond acceptors (Lipinski definition) is 3. The minimum absolute atomic E-state index is 0.177. The van der Waals surface area contributed by atoms with Gasteiger partial charge in [-0.05, 0) is 25.5 Å². The first-order chi connectivity index (χ1) is 8.15. The number of carboxylic acid groups (broad SMARTS) is 1. The summed E-state index contributed by atoms with van der Waals surface area (Å²) in [6.45, 7) is 4.86. The minimum Gasteiger partial charge on any atom is -0.490 e. The van der Waals surface area contributed by atoms with Gasteiger partial charge in [0.05, 0.1) is 12.7 Å². The Bertz CT molecular complexity index is 362. The van der Waals surface area contributed by atoms with Gasteiger partial charge < -0.3 is 14.6 Å². The van der Waals surface area contributed by atoms with Crippen molar-refractivity contribution in [1.29, 1.82) is 0 Å². The third-order valence-corrected chi connectivity index (χ3v) is 2.44. The summed E-state index contributed by atoms with van der Waals surface area (Å²) in [4.78, 5) is 10.9. The van der Waals surface area contributed by atoms with Crippen molar-refractivity contribution in [3.05, 3.63) is 29.8 Å². The number of ether oxygens (including phenoxy) is 2. The molecule has 1 aromatic rings. The van der Waals surface area contributed by atoms with Crippen LogP contribution in [0.3, 0.4) is 0 Å². The van der Waals surface area contributed by atoms with E-state index in [0.717, 1.165) is 6.42 Å². The molecule has 0 saturated carbocycles. The summed E-state index contributed by atoms with van der Waals surface area (Å²) in [6, 6.07) is 6.59. The van der Waals surface area contributed by atoms with Crippen molar-refractivity contribution in [3.63, 3.8) is 0 Å². The van der Waals surface area contributed by atoms with Crippen LogP contribution in [0.2, 0.25) is 0 Å². The lowest BCUT2D eigenvalue weighted by atomic mass is 10.2. The average Bonchev–Trinajstić information content (AvgIpc) is 2.34. The van der Waals surface area contributed by atoms with E-state index in [1.54, 1.807) is 18.2 Å². The quantitative estimate of drug-likeness (QED) is 0.742. The Hall–Kier alpha value is -1.55. The first kappa shape index (κ1) is 13.5. The summed E-state index contributed by atoms with van der Waals surface area (Å²) in [5.74, 6) is -0.601. The monoisotopic (exact) mass is 238 g/mol. The van der Waals surface area contributed by atoms with Gasteiger partial charge in [0.1, 0.15) is 17.9 Å². The molecular formula is C13H18O4. The van der Waals surface area contributed by atoms with E-state index in [9.17, 15) is 4.79 Å². The molecule has 1 atom stereocenters. The number of hydrogen-bond donors (Lipinski definition) is 1. The molecule has 0 aliphatic heterocycles. The molecule has 0 bridgehead atoms. The van der Waals surface area contributed by atoms with Gasteiger partial charge in [-0.25, -0.2) is 4.79 Å². The number of carbonyl (C=O) groups is 1. The van der Waals surface area contributed by atoms with Crippen molar-refractivity contribution >= 4 is 5.97 Å². The third kappa shape index (κ3) is 4.44. The summed E-state index contributed by atoms with van der Waals surface area (Å²) in [7, 11) is 0. The van der Waals surface area contributed by atoms with Gasteiger partial charge in [0.25, 0.3) is 0 Å². The Kier molecular flexibility index (Phi) is 5.49. The van der Waals surface area contributed by atoms with Crippen molar-refractivity contribution in [3.8, 4) is 5.75 Å². The van der Waals surface area contributed by atoms with Crippen molar-refractivity contribution in [2.75, 3.05) is 13.2 Å². The molecule has 0 saturated heterocycles. The van der Waals surface area contributed by atoms with Crippen molar-refractivity contribution in [2.45, 2.75) is 26.4 Å². The molecule has 0 aromatic heterocycles. The molecule has 0 spiro atoms. The number of benzene rings is 1. The zero-order valence-corrected chi connectivity index (χ0v) is 10.2. The molecule has 0 radical (unpaired) electrons. The van der Waals surface area contributed by atoms with Crippen LogP contribution in [0.25, 0.3) is 0 Å². The van der Waals surface area contributed by atoms with E-state index in [4.69, 9.17) is 14.6 Å². The summed E-state index contributed by atoms with van der Waals surface area (Å²) >= 11 is 0. The molecule has 1 aromatic carbocycles. The summed E-state index contributed by atoms with van der Waals surface area (Å²) in [5.41, 5.74) is 0.177. The van der Waals surface area contributed by atoms with Crippen molar-refractivity contribution in [1.82, 2.24) is 0 Å². The Morgan fingerprint density at radius 3 is 2.71 bits per heavy atom. The topological polar surface area (TPSA) is 55.8 Å². The van der Waals surface area contributed by atoms with E-state index in [0.29, 0.717) is 19.0 Å². The van der Waals surface area contributed by atoms with Gasteiger partial charge in [0.2, 0.25) is 0 Å². The molecule has 1 N–H and O–H groups in total. The van der Waals surface area contributed by atoms with E-state index in [2.05, 4.69) is 0 Å². The van der Waals surface area contributed by atoms with Crippen LogP contribution in [0.4, 0.5) is 0 Å². The molecule has 0 aliphatic carbocycles. The van der Waals surface area contributed by atoms with Gasteiger partial charge in [-0.3, -0.25) is 0 Å². The van der Waals surface area contributed by atoms with Crippen LogP contribution in [-0.4, -0.2) is 30.4 Å². The Morgan fingerprint density at radius 2 is 2.06 bits per heavy atom. The Morgan fingerprint density at radius 1 is 1.35 bits per heavy atom. The molecular weight excluding hydrogens is 220 g/mol. The van der Waals surface area contributed by atoms with E-state index >= 15 is 0 Å². The molecule has 94 valence electrons. The fourth-order valence-electron chi connectivity index (χ4n) is 1.29. The summed E-state index contributed by atoms with van der Waals surface area (Å²) < 4.78 is 10.8.